The Hall–Kier alpha value is -2.03. The zero-order chi connectivity index (χ0) is 20.0. The summed E-state index contributed by atoms with van der Waals surface area (Å²) >= 11 is 3.47. The monoisotopic (exact) mass is 420 g/mol. The first kappa shape index (κ1) is 20.7. The third-order valence-corrected chi connectivity index (χ3v) is 7.73. The summed E-state index contributed by atoms with van der Waals surface area (Å²) in [5.74, 6) is 1.15. The lowest BCUT2D eigenvalue weighted by Crippen LogP contribution is -2.32. The predicted octanol–water partition coefficient (Wildman–Crippen LogP) is 4.53. The van der Waals surface area contributed by atoms with Crippen molar-refractivity contribution in [2.75, 3.05) is 12.3 Å². The normalized spacial score (nSPS) is 19.1. The van der Waals surface area contributed by atoms with Crippen LogP contribution in [0.5, 0.6) is 5.75 Å². The van der Waals surface area contributed by atoms with Gasteiger partial charge in [0, 0.05) is 22.7 Å². The van der Waals surface area contributed by atoms with Crippen LogP contribution < -0.4 is 15.5 Å². The van der Waals surface area contributed by atoms with Gasteiger partial charge in [0.25, 0.3) is 0 Å². The average Bonchev–Trinajstić information content (AvgIpc) is 3.20. The Balaban J connectivity index is 1.78. The summed E-state index contributed by atoms with van der Waals surface area (Å²) < 4.78 is 4.92. The Bertz CT molecular complexity index is 814. The number of thioether (sulfide) groups is 1. The fourth-order valence-corrected chi connectivity index (χ4v) is 6.18. The van der Waals surface area contributed by atoms with Crippen LogP contribution in [0.2, 0.25) is 0 Å². The average molecular weight is 421 g/mol. The molecule has 0 bridgehead atoms. The van der Waals surface area contributed by atoms with Crippen molar-refractivity contribution < 1.29 is 19.5 Å². The third kappa shape index (κ3) is 4.87. The summed E-state index contributed by atoms with van der Waals surface area (Å²) in [5, 5.41) is 11.6. The van der Waals surface area contributed by atoms with E-state index >= 15 is 0 Å². The predicted molar refractivity (Wildman–Crippen MR) is 112 cm³/mol. The lowest BCUT2D eigenvalue weighted by Gasteiger charge is -2.35. The van der Waals surface area contributed by atoms with Crippen molar-refractivity contribution in [2.45, 2.75) is 37.4 Å². The molecule has 3 rings (SSSR count). The number of nitrogens with one attached hydrogen (secondary N) is 2. The van der Waals surface area contributed by atoms with Crippen LogP contribution in [0.4, 0.5) is 4.79 Å². The minimum Gasteiger partial charge on any atom is -0.410 e. The van der Waals surface area contributed by atoms with Crippen LogP contribution in [0.1, 0.15) is 37.5 Å². The molecule has 150 valence electrons. The molecule has 1 atom stereocenters. The Morgan fingerprint density at radius 1 is 1.18 bits per heavy atom. The maximum Gasteiger partial charge on any atom is 0.412 e. The van der Waals surface area contributed by atoms with Crippen LogP contribution >= 0.6 is 23.1 Å². The second-order valence-electron chi connectivity index (χ2n) is 6.62. The van der Waals surface area contributed by atoms with E-state index in [-0.39, 0.29) is 17.1 Å². The second-order valence-corrected chi connectivity index (χ2v) is 9.18. The van der Waals surface area contributed by atoms with Crippen molar-refractivity contribution in [3.05, 3.63) is 41.3 Å². The van der Waals surface area contributed by atoms with Gasteiger partial charge in [-0.3, -0.25) is 10.0 Å². The van der Waals surface area contributed by atoms with Gasteiger partial charge < -0.3 is 10.1 Å². The molecule has 0 radical (unpaired) electrons. The number of ether oxygens (including phenoxy) is 1. The molecule has 2 aromatic rings. The summed E-state index contributed by atoms with van der Waals surface area (Å²) in [6.45, 7) is 2.35. The summed E-state index contributed by atoms with van der Waals surface area (Å²) in [5.41, 5.74) is 2.81. The van der Waals surface area contributed by atoms with E-state index in [1.807, 2.05) is 19.1 Å². The Labute approximate surface area is 172 Å². The van der Waals surface area contributed by atoms with E-state index in [4.69, 9.17) is 9.94 Å². The summed E-state index contributed by atoms with van der Waals surface area (Å²) in [6, 6.07) is 11.5. The van der Waals surface area contributed by atoms with Gasteiger partial charge in [-0.15, -0.1) is 23.1 Å². The minimum atomic E-state index is -0.466. The molecular weight excluding hydrogens is 396 g/mol. The molecule has 2 heterocycles. The number of thiophene rings is 1. The standard InChI is InChI=1S/C20H24N2O4S2/c1-2-21-19(24)26-15-7-5-14(6-8-15)16-9-10-17(28-16)20(13-18(23)22-25)11-3-4-12-27-20/h5-10,25H,2-4,11-13H2,1H3,(H,21,24)(H,22,23)/t20-/m0/s1. The highest BCUT2D eigenvalue weighted by atomic mass is 32.2. The smallest absolute Gasteiger partial charge is 0.410 e. The molecule has 6 nitrogen and oxygen atoms in total. The molecule has 1 aromatic carbocycles. The lowest BCUT2D eigenvalue weighted by atomic mass is 9.94. The molecule has 28 heavy (non-hydrogen) atoms. The van der Waals surface area contributed by atoms with Gasteiger partial charge in [-0.05, 0) is 67.5 Å². The molecule has 1 aromatic heterocycles. The number of hydrogen-bond acceptors (Lipinski definition) is 6. The van der Waals surface area contributed by atoms with Crippen LogP contribution in [-0.4, -0.2) is 29.5 Å². The molecule has 8 heteroatoms. The number of carbonyl (C=O) groups excluding carboxylic acids is 2. The van der Waals surface area contributed by atoms with Crippen molar-refractivity contribution in [1.29, 1.82) is 0 Å². The molecule has 0 spiro atoms. The van der Waals surface area contributed by atoms with Crippen LogP contribution in [-0.2, 0) is 9.54 Å². The molecular formula is C20H24N2O4S2. The van der Waals surface area contributed by atoms with Crippen LogP contribution in [0.15, 0.2) is 36.4 Å². The Kier molecular flexibility index (Phi) is 6.98. The van der Waals surface area contributed by atoms with Crippen molar-refractivity contribution >= 4 is 35.1 Å². The van der Waals surface area contributed by atoms with Gasteiger partial charge >= 0.3 is 6.09 Å². The van der Waals surface area contributed by atoms with Gasteiger partial charge in [0.15, 0.2) is 0 Å². The van der Waals surface area contributed by atoms with E-state index < -0.39 is 6.09 Å². The van der Waals surface area contributed by atoms with Gasteiger partial charge in [-0.25, -0.2) is 10.3 Å². The van der Waals surface area contributed by atoms with Crippen LogP contribution in [0, 0.1) is 0 Å². The summed E-state index contributed by atoms with van der Waals surface area (Å²) in [7, 11) is 0. The van der Waals surface area contributed by atoms with E-state index in [0.717, 1.165) is 40.3 Å². The number of benzene rings is 1. The minimum absolute atomic E-state index is 0.271. The molecule has 0 unspecified atom stereocenters. The highest BCUT2D eigenvalue weighted by Crippen LogP contribution is 2.50. The summed E-state index contributed by atoms with van der Waals surface area (Å²) in [6.07, 6.45) is 2.95. The van der Waals surface area contributed by atoms with Gasteiger partial charge in [0.1, 0.15) is 5.75 Å². The number of amides is 2. The Morgan fingerprint density at radius 3 is 2.61 bits per heavy atom. The third-order valence-electron chi connectivity index (χ3n) is 4.65. The van der Waals surface area contributed by atoms with Gasteiger partial charge in [-0.2, -0.15) is 0 Å². The maximum atomic E-state index is 11.9. The van der Waals surface area contributed by atoms with E-state index in [9.17, 15) is 9.59 Å². The van der Waals surface area contributed by atoms with Gasteiger partial charge in [0.2, 0.25) is 5.91 Å². The number of hydrogen-bond donors (Lipinski definition) is 3. The molecule has 3 N–H and O–H groups in total. The van der Waals surface area contributed by atoms with E-state index in [2.05, 4.69) is 17.4 Å². The zero-order valence-electron chi connectivity index (χ0n) is 15.7. The fourth-order valence-electron chi connectivity index (χ4n) is 3.28. The molecule has 0 aliphatic carbocycles. The van der Waals surface area contributed by atoms with Crippen molar-refractivity contribution in [3.8, 4) is 16.2 Å². The SMILES string of the molecule is CCNC(=O)Oc1ccc(-c2ccc([C@@]3(CC(=O)NO)CCCCS3)s2)cc1. The molecule has 1 aliphatic rings. The topological polar surface area (TPSA) is 87.7 Å². The highest BCUT2D eigenvalue weighted by molar-refractivity contribution is 8.00. The van der Waals surface area contributed by atoms with E-state index in [0.29, 0.717) is 12.3 Å². The van der Waals surface area contributed by atoms with Gasteiger partial charge in [0.05, 0.1) is 4.75 Å². The summed E-state index contributed by atoms with van der Waals surface area (Å²) in [4.78, 5) is 25.6. The lowest BCUT2D eigenvalue weighted by molar-refractivity contribution is -0.129. The number of rotatable bonds is 6. The highest BCUT2D eigenvalue weighted by Gasteiger charge is 2.38. The van der Waals surface area contributed by atoms with Crippen molar-refractivity contribution in [1.82, 2.24) is 10.8 Å². The largest absolute Gasteiger partial charge is 0.412 e. The maximum absolute atomic E-state index is 11.9. The molecule has 1 saturated heterocycles. The van der Waals surface area contributed by atoms with Crippen molar-refractivity contribution in [3.63, 3.8) is 0 Å². The quantitative estimate of drug-likeness (QED) is 0.472. The zero-order valence-corrected chi connectivity index (χ0v) is 17.3. The second kappa shape index (κ2) is 9.45. The van der Waals surface area contributed by atoms with Crippen LogP contribution in [0.25, 0.3) is 10.4 Å². The first-order valence-electron chi connectivity index (χ1n) is 9.29. The van der Waals surface area contributed by atoms with Gasteiger partial charge in [-0.1, -0.05) is 6.42 Å². The number of carbonyl (C=O) groups is 2. The molecule has 1 fully saturated rings. The fraction of sp³-hybridized carbons (Fsp3) is 0.400. The molecule has 0 saturated carbocycles. The van der Waals surface area contributed by atoms with Crippen molar-refractivity contribution in [2.24, 2.45) is 0 Å². The number of hydroxylamine groups is 1. The molecule has 2 amide bonds. The Morgan fingerprint density at radius 2 is 1.96 bits per heavy atom. The molecule has 1 aliphatic heterocycles. The van der Waals surface area contributed by atoms with E-state index in [1.165, 1.54) is 0 Å². The first-order chi connectivity index (χ1) is 13.6. The van der Waals surface area contributed by atoms with Crippen LogP contribution in [0.3, 0.4) is 0 Å². The first-order valence-corrected chi connectivity index (χ1v) is 11.1. The van der Waals surface area contributed by atoms with E-state index in [1.54, 1.807) is 40.7 Å².